The van der Waals surface area contributed by atoms with Gasteiger partial charge in [0.05, 0.1) is 5.69 Å². The first-order valence-electron chi connectivity index (χ1n) is 14.0. The summed E-state index contributed by atoms with van der Waals surface area (Å²) in [4.78, 5) is 27.6. The van der Waals surface area contributed by atoms with Gasteiger partial charge in [0, 0.05) is 43.8 Å². The quantitative estimate of drug-likeness (QED) is 0.395. The number of phenols is 1. The fourth-order valence-electron chi connectivity index (χ4n) is 6.73. The summed E-state index contributed by atoms with van der Waals surface area (Å²) in [5, 5.41) is 15.7. The second kappa shape index (κ2) is 9.71. The van der Waals surface area contributed by atoms with Crippen LogP contribution < -0.4 is 20.5 Å². The third kappa shape index (κ3) is 4.17. The minimum absolute atomic E-state index is 0.00924. The summed E-state index contributed by atoms with van der Waals surface area (Å²) < 4.78 is 24.1. The van der Waals surface area contributed by atoms with Crippen LogP contribution in [0, 0.1) is 5.82 Å². The van der Waals surface area contributed by atoms with Gasteiger partial charge in [-0.3, -0.25) is 4.79 Å². The molecule has 40 heavy (non-hydrogen) atoms. The molecule has 2 aromatic heterocycles. The summed E-state index contributed by atoms with van der Waals surface area (Å²) in [5.74, 6) is -0.229. The van der Waals surface area contributed by atoms with Gasteiger partial charge in [-0.05, 0) is 62.2 Å². The molecule has 208 valence electrons. The molecule has 3 aliphatic heterocycles. The maximum atomic E-state index is 16.7. The number of aromatic nitrogens is 3. The zero-order valence-electron chi connectivity index (χ0n) is 22.7. The Morgan fingerprint density at radius 3 is 2.62 bits per heavy atom. The molecule has 2 bridgehead atoms. The van der Waals surface area contributed by atoms with E-state index in [1.807, 2.05) is 24.3 Å². The Balaban J connectivity index is 1.43. The summed E-state index contributed by atoms with van der Waals surface area (Å²) in [5.41, 5.74) is 0.0408. The van der Waals surface area contributed by atoms with Gasteiger partial charge in [0.2, 0.25) is 0 Å². The summed E-state index contributed by atoms with van der Waals surface area (Å²) in [6, 6.07) is 11.4. The second-order valence-electron chi connectivity index (χ2n) is 11.4. The molecule has 3 atom stereocenters. The van der Waals surface area contributed by atoms with Gasteiger partial charge in [-0.2, -0.15) is 9.97 Å². The zero-order valence-corrected chi connectivity index (χ0v) is 22.7. The molecule has 0 saturated carbocycles. The SMILES string of the molecule is CN1CCC[C@H]1COc1nc(N2CC3CCC(C2)N3)c2c(=O)n(C)c(-c3cc(O)cc4ccccc34)c(F)c2n1. The molecule has 2 N–H and O–H groups in total. The third-order valence-corrected chi connectivity index (χ3v) is 8.83. The van der Waals surface area contributed by atoms with Crippen molar-refractivity contribution < 1.29 is 14.2 Å². The van der Waals surface area contributed by atoms with Gasteiger partial charge in [-0.25, -0.2) is 4.39 Å². The molecule has 3 saturated heterocycles. The number of aromatic hydroxyl groups is 1. The highest BCUT2D eigenvalue weighted by Gasteiger charge is 2.35. The molecule has 0 aliphatic carbocycles. The van der Waals surface area contributed by atoms with Gasteiger partial charge in [-0.1, -0.05) is 24.3 Å². The van der Waals surface area contributed by atoms with Crippen LogP contribution in [0.15, 0.2) is 41.2 Å². The number of ether oxygens (including phenoxy) is 1. The Morgan fingerprint density at radius 2 is 1.88 bits per heavy atom. The number of nitrogens with one attached hydrogen (secondary N) is 1. The number of rotatable bonds is 5. The van der Waals surface area contributed by atoms with Crippen LogP contribution in [0.1, 0.15) is 25.7 Å². The Morgan fingerprint density at radius 1 is 1.10 bits per heavy atom. The van der Waals surface area contributed by atoms with Crippen molar-refractivity contribution >= 4 is 27.5 Å². The van der Waals surface area contributed by atoms with Crippen molar-refractivity contribution in [2.24, 2.45) is 7.05 Å². The Bertz CT molecular complexity index is 1680. The van der Waals surface area contributed by atoms with Gasteiger partial charge >= 0.3 is 6.01 Å². The van der Waals surface area contributed by atoms with E-state index in [1.165, 1.54) is 10.6 Å². The predicted octanol–water partition coefficient (Wildman–Crippen LogP) is 3.41. The van der Waals surface area contributed by atoms with Crippen LogP contribution >= 0.6 is 0 Å². The molecule has 3 fully saturated rings. The summed E-state index contributed by atoms with van der Waals surface area (Å²) in [6.45, 7) is 2.76. The molecular formula is C30H33FN6O3. The molecule has 0 amide bonds. The number of nitrogens with zero attached hydrogens (tertiary/aromatic N) is 5. The molecule has 3 aliphatic rings. The predicted molar refractivity (Wildman–Crippen MR) is 153 cm³/mol. The molecule has 2 unspecified atom stereocenters. The van der Waals surface area contributed by atoms with Crippen molar-refractivity contribution in [3.8, 4) is 23.0 Å². The fourth-order valence-corrected chi connectivity index (χ4v) is 6.73. The first kappa shape index (κ1) is 25.2. The maximum Gasteiger partial charge on any atom is 0.319 e. The topological polar surface area (TPSA) is 95.8 Å². The molecule has 7 rings (SSSR count). The molecular weight excluding hydrogens is 511 g/mol. The molecule has 9 nitrogen and oxygen atoms in total. The van der Waals surface area contributed by atoms with E-state index in [4.69, 9.17) is 9.72 Å². The number of likely N-dealkylation sites (N-methyl/N-ethyl adjacent to an activating group) is 1. The number of hydrogen-bond donors (Lipinski definition) is 2. The highest BCUT2D eigenvalue weighted by atomic mass is 19.1. The molecule has 2 aromatic carbocycles. The van der Waals surface area contributed by atoms with Gasteiger partial charge in [-0.15, -0.1) is 0 Å². The van der Waals surface area contributed by atoms with Crippen LogP contribution in [0.25, 0.3) is 32.9 Å². The van der Waals surface area contributed by atoms with Gasteiger partial charge < -0.3 is 29.5 Å². The number of anilines is 1. The van der Waals surface area contributed by atoms with E-state index < -0.39 is 5.82 Å². The van der Waals surface area contributed by atoms with Crippen molar-refractivity contribution in [3.05, 3.63) is 52.6 Å². The monoisotopic (exact) mass is 544 g/mol. The van der Waals surface area contributed by atoms with Crippen LogP contribution in [0.3, 0.4) is 0 Å². The first-order chi connectivity index (χ1) is 19.4. The van der Waals surface area contributed by atoms with E-state index in [2.05, 4.69) is 27.1 Å². The van der Waals surface area contributed by atoms with Crippen molar-refractivity contribution in [2.45, 2.75) is 43.8 Å². The lowest BCUT2D eigenvalue weighted by Gasteiger charge is -2.34. The number of pyridine rings is 1. The number of phenolic OH excluding ortho intramolecular Hbond substituents is 1. The smallest absolute Gasteiger partial charge is 0.319 e. The highest BCUT2D eigenvalue weighted by molar-refractivity contribution is 6.00. The van der Waals surface area contributed by atoms with Crippen LogP contribution in [-0.2, 0) is 7.05 Å². The largest absolute Gasteiger partial charge is 0.508 e. The van der Waals surface area contributed by atoms with E-state index in [1.54, 1.807) is 13.1 Å². The van der Waals surface area contributed by atoms with E-state index in [-0.39, 0.29) is 40.0 Å². The van der Waals surface area contributed by atoms with Crippen LogP contribution in [-0.4, -0.2) is 76.0 Å². The van der Waals surface area contributed by atoms with Gasteiger partial charge in [0.15, 0.2) is 5.82 Å². The van der Waals surface area contributed by atoms with Crippen LogP contribution in [0.4, 0.5) is 10.2 Å². The van der Waals surface area contributed by atoms with Crippen molar-refractivity contribution in [1.29, 1.82) is 0 Å². The lowest BCUT2D eigenvalue weighted by atomic mass is 9.99. The summed E-state index contributed by atoms with van der Waals surface area (Å²) in [6.07, 6.45) is 4.23. The molecule has 10 heteroatoms. The van der Waals surface area contributed by atoms with E-state index in [0.29, 0.717) is 43.2 Å². The lowest BCUT2D eigenvalue weighted by molar-refractivity contribution is 0.188. The average molecular weight is 545 g/mol. The average Bonchev–Trinajstić information content (AvgIpc) is 3.52. The Kier molecular flexibility index (Phi) is 6.12. The molecule has 4 aromatic rings. The van der Waals surface area contributed by atoms with E-state index in [9.17, 15) is 9.90 Å². The number of likely N-dealkylation sites (tertiary alicyclic amines) is 1. The van der Waals surface area contributed by atoms with Crippen molar-refractivity contribution in [1.82, 2.24) is 24.8 Å². The zero-order chi connectivity index (χ0) is 27.5. The first-order valence-corrected chi connectivity index (χ1v) is 14.0. The fraction of sp³-hybridized carbons (Fsp3) is 0.433. The maximum absolute atomic E-state index is 16.7. The Hall–Kier alpha value is -3.76. The van der Waals surface area contributed by atoms with Gasteiger partial charge in [0.25, 0.3) is 5.56 Å². The summed E-state index contributed by atoms with van der Waals surface area (Å²) >= 11 is 0. The number of fused-ring (bicyclic) bond motifs is 4. The van der Waals surface area contributed by atoms with Crippen molar-refractivity contribution in [2.75, 3.05) is 38.2 Å². The second-order valence-corrected chi connectivity index (χ2v) is 11.4. The molecule has 5 heterocycles. The number of hydrogen-bond acceptors (Lipinski definition) is 8. The van der Waals surface area contributed by atoms with Crippen LogP contribution in [0.5, 0.6) is 11.8 Å². The molecule has 0 spiro atoms. The third-order valence-electron chi connectivity index (χ3n) is 8.83. The normalized spacial score (nSPS) is 23.0. The Labute approximate surface area is 231 Å². The van der Waals surface area contributed by atoms with Crippen molar-refractivity contribution in [3.63, 3.8) is 0 Å². The van der Waals surface area contributed by atoms with Crippen LogP contribution in [0.2, 0.25) is 0 Å². The molecule has 0 radical (unpaired) electrons. The minimum atomic E-state index is -0.641. The number of benzene rings is 2. The lowest BCUT2D eigenvalue weighted by Crippen LogP contribution is -2.51. The minimum Gasteiger partial charge on any atom is -0.508 e. The summed E-state index contributed by atoms with van der Waals surface area (Å²) in [7, 11) is 3.63. The number of piperazine rings is 1. The van der Waals surface area contributed by atoms with E-state index in [0.717, 1.165) is 43.0 Å². The van der Waals surface area contributed by atoms with Gasteiger partial charge in [0.1, 0.15) is 29.1 Å². The highest BCUT2D eigenvalue weighted by Crippen LogP contribution is 2.37. The number of halogens is 1. The van der Waals surface area contributed by atoms with E-state index >= 15 is 4.39 Å². The standard InChI is InChI=1S/C30H33FN6O3/c1-35-11-5-7-20(35)16-40-30-33-26-24(28(34-30)37-14-18-9-10-19(15-37)32-18)29(39)36(2)27(25(26)31)23-13-21(38)12-17-6-3-4-8-22(17)23/h3-4,6,8,12-13,18-20,32,38H,5,7,9-11,14-16H2,1-2H3/t18?,19?,20-/m0/s1.